The Morgan fingerprint density at radius 3 is 2.82 bits per heavy atom. The molecule has 1 unspecified atom stereocenters. The van der Waals surface area contributed by atoms with Gasteiger partial charge in [-0.15, -0.1) is 24.0 Å². The van der Waals surface area contributed by atoms with Crippen molar-refractivity contribution < 1.29 is 14.2 Å². The monoisotopic (exact) mass is 503 g/mol. The number of hydrogen-bond donors (Lipinski definition) is 1. The lowest BCUT2D eigenvalue weighted by atomic mass is 9.87. The van der Waals surface area contributed by atoms with Crippen molar-refractivity contribution in [3.63, 3.8) is 0 Å². The molecule has 2 heterocycles. The number of halogens is 1. The van der Waals surface area contributed by atoms with Gasteiger partial charge in [0.05, 0.1) is 26.4 Å². The van der Waals surface area contributed by atoms with E-state index < -0.39 is 0 Å². The van der Waals surface area contributed by atoms with Crippen LogP contribution in [0.4, 0.5) is 0 Å². The Morgan fingerprint density at radius 1 is 1.25 bits per heavy atom. The molecule has 1 aromatic rings. The van der Waals surface area contributed by atoms with Crippen molar-refractivity contribution in [3.8, 4) is 0 Å². The van der Waals surface area contributed by atoms with Gasteiger partial charge in [-0.1, -0.05) is 24.3 Å². The van der Waals surface area contributed by atoms with Gasteiger partial charge in [0.1, 0.15) is 0 Å². The van der Waals surface area contributed by atoms with Crippen molar-refractivity contribution in [2.75, 3.05) is 53.2 Å². The van der Waals surface area contributed by atoms with E-state index in [1.165, 1.54) is 24.0 Å². The zero-order valence-electron chi connectivity index (χ0n) is 17.1. The number of guanidine groups is 1. The minimum Gasteiger partial charge on any atom is -0.381 e. The van der Waals surface area contributed by atoms with Gasteiger partial charge in [0.2, 0.25) is 0 Å². The summed E-state index contributed by atoms with van der Waals surface area (Å²) in [7, 11) is 1.86. The third kappa shape index (κ3) is 6.57. The second-order valence-electron chi connectivity index (χ2n) is 7.44. The van der Waals surface area contributed by atoms with Crippen LogP contribution in [0, 0.1) is 5.41 Å². The first-order valence-corrected chi connectivity index (χ1v) is 10.0. The van der Waals surface area contributed by atoms with Crippen LogP contribution in [0.15, 0.2) is 29.3 Å². The van der Waals surface area contributed by atoms with E-state index in [1.807, 2.05) is 14.0 Å². The van der Waals surface area contributed by atoms with Crippen molar-refractivity contribution >= 4 is 29.9 Å². The van der Waals surface area contributed by atoms with Crippen molar-refractivity contribution in [3.05, 3.63) is 35.4 Å². The molecule has 0 bridgehead atoms. The van der Waals surface area contributed by atoms with Crippen LogP contribution in [0.3, 0.4) is 0 Å². The second-order valence-corrected chi connectivity index (χ2v) is 7.44. The molecule has 1 aromatic carbocycles. The minimum atomic E-state index is 0. The molecule has 28 heavy (non-hydrogen) atoms. The average molecular weight is 503 g/mol. The molecule has 7 heteroatoms. The lowest BCUT2D eigenvalue weighted by Gasteiger charge is -2.25. The third-order valence-corrected chi connectivity index (χ3v) is 5.42. The van der Waals surface area contributed by atoms with Crippen LogP contribution in [-0.4, -0.2) is 64.0 Å². The lowest BCUT2D eigenvalue weighted by Crippen LogP contribution is -2.41. The highest BCUT2D eigenvalue weighted by Crippen LogP contribution is 2.38. The Bertz CT molecular complexity index is 621. The number of hydrogen-bond acceptors (Lipinski definition) is 4. The van der Waals surface area contributed by atoms with E-state index >= 15 is 0 Å². The van der Waals surface area contributed by atoms with Gasteiger partial charge in [-0.05, 0) is 30.9 Å². The Morgan fingerprint density at radius 2 is 2.07 bits per heavy atom. The van der Waals surface area contributed by atoms with Gasteiger partial charge in [-0.3, -0.25) is 4.99 Å². The van der Waals surface area contributed by atoms with Gasteiger partial charge in [0, 0.05) is 45.3 Å². The average Bonchev–Trinajstić information content (AvgIpc) is 3.33. The highest BCUT2D eigenvalue weighted by molar-refractivity contribution is 14.0. The topological polar surface area (TPSA) is 55.3 Å². The first kappa shape index (κ1) is 23.4. The Balaban J connectivity index is 0.00000280. The largest absolute Gasteiger partial charge is 0.381 e. The molecule has 0 amide bonds. The smallest absolute Gasteiger partial charge is 0.193 e. The Hall–Kier alpha value is -0.900. The normalized spacial score (nSPS) is 21.9. The molecule has 0 saturated carbocycles. The fourth-order valence-electron chi connectivity index (χ4n) is 3.88. The van der Waals surface area contributed by atoms with Crippen LogP contribution < -0.4 is 5.32 Å². The van der Waals surface area contributed by atoms with Crippen LogP contribution in [0.2, 0.25) is 0 Å². The summed E-state index contributed by atoms with van der Waals surface area (Å²) in [5.74, 6) is 0.983. The van der Waals surface area contributed by atoms with E-state index in [0.29, 0.717) is 25.2 Å². The standard InChI is InChI=1S/C21H33N3O3.HI/c1-3-25-11-12-26-15-19-6-4-5-18(13-19)14-23-20(22-2)24-9-7-21(16-24)8-10-27-17-21;/h4-6,13H,3,7-12,14-17H2,1-2H3,(H,22,23);1H. The minimum absolute atomic E-state index is 0. The molecular formula is C21H34IN3O3. The van der Waals surface area contributed by atoms with Gasteiger partial charge in [-0.25, -0.2) is 0 Å². The van der Waals surface area contributed by atoms with Gasteiger partial charge >= 0.3 is 0 Å². The molecule has 0 aromatic heterocycles. The summed E-state index contributed by atoms with van der Waals surface area (Å²) in [6.07, 6.45) is 2.37. The predicted molar refractivity (Wildman–Crippen MR) is 122 cm³/mol. The number of ether oxygens (including phenoxy) is 3. The molecule has 1 atom stereocenters. The zero-order chi connectivity index (χ0) is 19.0. The van der Waals surface area contributed by atoms with E-state index in [1.54, 1.807) is 0 Å². The highest BCUT2D eigenvalue weighted by atomic mass is 127. The zero-order valence-corrected chi connectivity index (χ0v) is 19.4. The number of nitrogens with one attached hydrogen (secondary N) is 1. The number of benzene rings is 1. The molecule has 6 nitrogen and oxygen atoms in total. The SMILES string of the molecule is CCOCCOCc1cccc(CNC(=NC)N2CCC3(CCOC3)C2)c1.I. The molecule has 2 saturated heterocycles. The summed E-state index contributed by atoms with van der Waals surface area (Å²) in [5, 5.41) is 3.52. The highest BCUT2D eigenvalue weighted by Gasteiger charge is 2.42. The van der Waals surface area contributed by atoms with Gasteiger partial charge < -0.3 is 24.4 Å². The van der Waals surface area contributed by atoms with Crippen LogP contribution in [-0.2, 0) is 27.4 Å². The summed E-state index contributed by atoms with van der Waals surface area (Å²) in [5.41, 5.74) is 2.76. The number of aliphatic imine (C=N–C) groups is 1. The van der Waals surface area contributed by atoms with E-state index in [9.17, 15) is 0 Å². The van der Waals surface area contributed by atoms with Gasteiger partial charge in [0.25, 0.3) is 0 Å². The van der Waals surface area contributed by atoms with Crippen LogP contribution in [0.1, 0.15) is 30.9 Å². The molecule has 3 rings (SSSR count). The van der Waals surface area contributed by atoms with Crippen LogP contribution in [0.5, 0.6) is 0 Å². The molecule has 2 fully saturated rings. The molecule has 1 spiro atoms. The molecule has 2 aliphatic rings. The van der Waals surface area contributed by atoms with Crippen molar-refractivity contribution in [1.29, 1.82) is 0 Å². The fraction of sp³-hybridized carbons (Fsp3) is 0.667. The van der Waals surface area contributed by atoms with Crippen molar-refractivity contribution in [2.45, 2.75) is 32.9 Å². The first-order chi connectivity index (χ1) is 13.2. The van der Waals surface area contributed by atoms with E-state index in [0.717, 1.165) is 45.4 Å². The maximum absolute atomic E-state index is 5.67. The summed E-state index contributed by atoms with van der Waals surface area (Å²) < 4.78 is 16.6. The maximum Gasteiger partial charge on any atom is 0.193 e. The summed E-state index contributed by atoms with van der Waals surface area (Å²) >= 11 is 0. The fourth-order valence-corrected chi connectivity index (χ4v) is 3.88. The van der Waals surface area contributed by atoms with Gasteiger partial charge in [-0.2, -0.15) is 0 Å². The molecular weight excluding hydrogens is 469 g/mol. The molecule has 158 valence electrons. The Kier molecular flexibility index (Phi) is 9.98. The quantitative estimate of drug-likeness (QED) is 0.256. The first-order valence-electron chi connectivity index (χ1n) is 10.0. The number of likely N-dealkylation sites (tertiary alicyclic amines) is 1. The number of rotatable bonds is 8. The predicted octanol–water partition coefficient (Wildman–Crippen LogP) is 3.05. The third-order valence-electron chi connectivity index (χ3n) is 5.42. The van der Waals surface area contributed by atoms with Gasteiger partial charge in [0.15, 0.2) is 5.96 Å². The number of nitrogens with zero attached hydrogens (tertiary/aromatic N) is 2. The Labute approximate surface area is 186 Å². The maximum atomic E-state index is 5.67. The van der Waals surface area contributed by atoms with Crippen molar-refractivity contribution in [1.82, 2.24) is 10.2 Å². The lowest BCUT2D eigenvalue weighted by molar-refractivity contribution is 0.0453. The van der Waals surface area contributed by atoms with Crippen LogP contribution in [0.25, 0.3) is 0 Å². The molecule has 0 radical (unpaired) electrons. The molecule has 2 aliphatic heterocycles. The van der Waals surface area contributed by atoms with E-state index in [4.69, 9.17) is 14.2 Å². The van der Waals surface area contributed by atoms with Crippen molar-refractivity contribution in [2.24, 2.45) is 10.4 Å². The second kappa shape index (κ2) is 11.9. The van der Waals surface area contributed by atoms with Crippen LogP contribution >= 0.6 is 24.0 Å². The van der Waals surface area contributed by atoms with E-state index in [-0.39, 0.29) is 24.0 Å². The van der Waals surface area contributed by atoms with E-state index in [2.05, 4.69) is 39.5 Å². The summed E-state index contributed by atoms with van der Waals surface area (Å²) in [6.45, 7) is 9.27. The summed E-state index contributed by atoms with van der Waals surface area (Å²) in [4.78, 5) is 6.86. The molecule has 1 N–H and O–H groups in total. The summed E-state index contributed by atoms with van der Waals surface area (Å²) in [6, 6.07) is 8.52. The molecule has 0 aliphatic carbocycles.